The molecule has 2 amide bonds. The normalized spacial score (nSPS) is 17.9. The number of amides is 2. The predicted molar refractivity (Wildman–Crippen MR) is 145 cm³/mol. The van der Waals surface area contributed by atoms with E-state index in [0.29, 0.717) is 37.3 Å². The maximum atomic E-state index is 13.8. The molecule has 5 rings (SSSR count). The van der Waals surface area contributed by atoms with Gasteiger partial charge in [-0.15, -0.1) is 0 Å². The summed E-state index contributed by atoms with van der Waals surface area (Å²) >= 11 is 0. The summed E-state index contributed by atoms with van der Waals surface area (Å²) in [7, 11) is -3.91. The minimum Gasteiger partial charge on any atom is -0.326 e. The summed E-state index contributed by atoms with van der Waals surface area (Å²) in [6.45, 7) is 6.25. The summed E-state index contributed by atoms with van der Waals surface area (Å²) < 4.78 is 30.4. The fourth-order valence-electron chi connectivity index (χ4n) is 5.47. The molecule has 0 radical (unpaired) electrons. The summed E-state index contributed by atoms with van der Waals surface area (Å²) in [5, 5.41) is 7.40. The Morgan fingerprint density at radius 2 is 1.76 bits per heavy atom. The highest BCUT2D eigenvalue weighted by atomic mass is 32.2. The molecule has 38 heavy (non-hydrogen) atoms. The summed E-state index contributed by atoms with van der Waals surface area (Å²) in [5.41, 5.74) is 4.49. The Kier molecular flexibility index (Phi) is 7.11. The first kappa shape index (κ1) is 26.1. The number of nitrogens with one attached hydrogen (secondary N) is 1. The van der Waals surface area contributed by atoms with E-state index >= 15 is 0 Å². The number of sulfonamides is 1. The van der Waals surface area contributed by atoms with Crippen LogP contribution in [0.5, 0.6) is 0 Å². The molecule has 9 nitrogen and oxygen atoms in total. The van der Waals surface area contributed by atoms with E-state index in [9.17, 15) is 18.0 Å². The van der Waals surface area contributed by atoms with Crippen molar-refractivity contribution in [3.8, 4) is 0 Å². The van der Waals surface area contributed by atoms with Gasteiger partial charge in [-0.2, -0.15) is 9.40 Å². The number of aryl methyl sites for hydroxylation is 2. The van der Waals surface area contributed by atoms with Crippen LogP contribution in [-0.4, -0.2) is 54.0 Å². The van der Waals surface area contributed by atoms with E-state index in [2.05, 4.69) is 10.4 Å². The maximum absolute atomic E-state index is 13.8. The number of piperidine rings is 1. The van der Waals surface area contributed by atoms with Crippen LogP contribution in [-0.2, 0) is 32.6 Å². The van der Waals surface area contributed by atoms with Gasteiger partial charge in [-0.05, 0) is 63.3 Å². The highest BCUT2D eigenvalue weighted by Crippen LogP contribution is 2.30. The Morgan fingerprint density at radius 3 is 2.55 bits per heavy atom. The van der Waals surface area contributed by atoms with Crippen LogP contribution in [0.3, 0.4) is 0 Å². The molecule has 2 aliphatic rings. The van der Waals surface area contributed by atoms with Crippen LogP contribution in [0.4, 0.5) is 11.4 Å². The Labute approximate surface area is 223 Å². The number of anilines is 2. The van der Waals surface area contributed by atoms with Crippen molar-refractivity contribution < 1.29 is 18.0 Å². The molecule has 0 spiro atoms. The largest absolute Gasteiger partial charge is 0.326 e. The van der Waals surface area contributed by atoms with E-state index in [1.807, 2.05) is 55.5 Å². The molecule has 10 heteroatoms. The van der Waals surface area contributed by atoms with Gasteiger partial charge in [0.05, 0.1) is 17.3 Å². The van der Waals surface area contributed by atoms with Crippen molar-refractivity contribution in [2.75, 3.05) is 29.9 Å². The molecule has 3 aromatic rings. The molecule has 2 aliphatic heterocycles. The lowest BCUT2D eigenvalue weighted by Crippen LogP contribution is -2.44. The first-order valence-electron chi connectivity index (χ1n) is 13.0. The third-order valence-corrected chi connectivity index (χ3v) is 9.66. The molecule has 0 aliphatic carbocycles. The number of fused-ring (bicyclic) bond motifs is 1. The molecule has 1 fully saturated rings. The van der Waals surface area contributed by atoms with Gasteiger partial charge in [-0.3, -0.25) is 14.3 Å². The fourth-order valence-corrected chi connectivity index (χ4v) is 7.37. The van der Waals surface area contributed by atoms with Gasteiger partial charge in [0.15, 0.2) is 0 Å². The van der Waals surface area contributed by atoms with Crippen LogP contribution in [0.15, 0.2) is 53.4 Å². The van der Waals surface area contributed by atoms with E-state index in [1.165, 1.54) is 8.99 Å². The highest BCUT2D eigenvalue weighted by molar-refractivity contribution is 7.89. The monoisotopic (exact) mass is 535 g/mol. The Hall–Kier alpha value is -3.50. The van der Waals surface area contributed by atoms with Gasteiger partial charge in [0.2, 0.25) is 21.8 Å². The quantitative estimate of drug-likeness (QED) is 0.521. The second-order valence-electron chi connectivity index (χ2n) is 10.1. The molecule has 1 unspecified atom stereocenters. The Bertz CT molecular complexity index is 1500. The van der Waals surface area contributed by atoms with Crippen LogP contribution in [0.2, 0.25) is 0 Å². The Morgan fingerprint density at radius 1 is 1.03 bits per heavy atom. The summed E-state index contributed by atoms with van der Waals surface area (Å²) in [6, 6.07) is 15.3. The van der Waals surface area contributed by atoms with Gasteiger partial charge in [-0.25, -0.2) is 8.42 Å². The van der Waals surface area contributed by atoms with Crippen LogP contribution in [0.1, 0.15) is 35.4 Å². The standard InChI is InChI=1S/C28H33N5O4S/c1-19-9-4-6-12-24(19)29-28(35)23-11-8-15-31(17-23)38(36,37)27-20(2)30-33(21(27)3)18-26(34)32-16-14-22-10-5-7-13-25(22)32/h4-7,9-10,12-13,23H,8,11,14-18H2,1-3H3,(H,29,35). The zero-order chi connectivity index (χ0) is 27.0. The van der Waals surface area contributed by atoms with Gasteiger partial charge >= 0.3 is 0 Å². The van der Waals surface area contributed by atoms with Crippen molar-refractivity contribution in [3.63, 3.8) is 0 Å². The number of hydrogen-bond donors (Lipinski definition) is 1. The van der Waals surface area contributed by atoms with E-state index in [-0.39, 0.29) is 29.8 Å². The topological polar surface area (TPSA) is 105 Å². The highest BCUT2D eigenvalue weighted by Gasteiger charge is 2.37. The SMILES string of the molecule is Cc1ccccc1NC(=O)C1CCCN(S(=O)(=O)c2c(C)nn(CC(=O)N3CCc4ccccc43)c2C)C1. The van der Waals surface area contributed by atoms with Crippen molar-refractivity contribution in [1.29, 1.82) is 0 Å². The smallest absolute Gasteiger partial charge is 0.248 e. The van der Waals surface area contributed by atoms with Crippen molar-refractivity contribution >= 4 is 33.2 Å². The molecule has 2 aromatic carbocycles. The van der Waals surface area contributed by atoms with Crippen molar-refractivity contribution in [3.05, 3.63) is 71.0 Å². The lowest BCUT2D eigenvalue weighted by atomic mass is 9.98. The van der Waals surface area contributed by atoms with Crippen LogP contribution in [0.25, 0.3) is 0 Å². The van der Waals surface area contributed by atoms with Crippen LogP contribution < -0.4 is 10.2 Å². The lowest BCUT2D eigenvalue weighted by molar-refractivity contribution is -0.121. The summed E-state index contributed by atoms with van der Waals surface area (Å²) in [4.78, 5) is 28.0. The molecule has 0 bridgehead atoms. The first-order chi connectivity index (χ1) is 18.2. The lowest BCUT2D eigenvalue weighted by Gasteiger charge is -2.31. The molecule has 3 heterocycles. The minimum absolute atomic E-state index is 0.0437. The number of carbonyl (C=O) groups excluding carboxylic acids is 2. The molecular formula is C28H33N5O4S. The minimum atomic E-state index is -3.91. The maximum Gasteiger partial charge on any atom is 0.248 e. The number of hydrogen-bond acceptors (Lipinski definition) is 5. The van der Waals surface area contributed by atoms with Gasteiger partial charge in [-0.1, -0.05) is 36.4 Å². The third-order valence-electron chi connectivity index (χ3n) is 7.54. The first-order valence-corrected chi connectivity index (χ1v) is 14.4. The van der Waals surface area contributed by atoms with Gasteiger partial charge in [0, 0.05) is 31.0 Å². The molecule has 0 saturated carbocycles. The van der Waals surface area contributed by atoms with Gasteiger partial charge in [0.1, 0.15) is 11.4 Å². The van der Waals surface area contributed by atoms with Gasteiger partial charge in [0.25, 0.3) is 0 Å². The van der Waals surface area contributed by atoms with E-state index in [1.54, 1.807) is 18.7 Å². The van der Waals surface area contributed by atoms with E-state index in [0.717, 1.165) is 28.9 Å². The number of carbonyl (C=O) groups is 2. The summed E-state index contributed by atoms with van der Waals surface area (Å²) in [6.07, 6.45) is 2.00. The van der Waals surface area contributed by atoms with Crippen molar-refractivity contribution in [2.24, 2.45) is 5.92 Å². The molecular weight excluding hydrogens is 502 g/mol. The van der Waals surface area contributed by atoms with Crippen LogP contribution >= 0.6 is 0 Å². The Balaban J connectivity index is 1.32. The third kappa shape index (κ3) is 4.86. The van der Waals surface area contributed by atoms with Crippen LogP contribution in [0, 0.1) is 26.7 Å². The van der Waals surface area contributed by atoms with E-state index < -0.39 is 15.9 Å². The average molecular weight is 536 g/mol. The number of nitrogens with zero attached hydrogens (tertiary/aromatic N) is 4. The second-order valence-corrected chi connectivity index (χ2v) is 12.0. The molecule has 1 saturated heterocycles. The zero-order valence-corrected chi connectivity index (χ0v) is 22.8. The average Bonchev–Trinajstić information content (AvgIpc) is 3.46. The molecule has 1 aromatic heterocycles. The number of aromatic nitrogens is 2. The van der Waals surface area contributed by atoms with Gasteiger partial charge < -0.3 is 10.2 Å². The fraction of sp³-hybridized carbons (Fsp3) is 0.393. The molecule has 1 atom stereocenters. The molecule has 1 N–H and O–H groups in total. The number of benzene rings is 2. The number of rotatable bonds is 6. The van der Waals surface area contributed by atoms with Crippen molar-refractivity contribution in [1.82, 2.24) is 14.1 Å². The van der Waals surface area contributed by atoms with E-state index in [4.69, 9.17) is 0 Å². The number of para-hydroxylation sites is 2. The summed E-state index contributed by atoms with van der Waals surface area (Å²) in [5.74, 6) is -0.763. The second kappa shape index (κ2) is 10.3. The zero-order valence-electron chi connectivity index (χ0n) is 22.0. The van der Waals surface area contributed by atoms with Crippen molar-refractivity contribution in [2.45, 2.75) is 51.5 Å². The predicted octanol–water partition coefficient (Wildman–Crippen LogP) is 3.44. The molecule has 200 valence electrons.